The van der Waals surface area contributed by atoms with Crippen LogP contribution >= 0.6 is 0 Å². The van der Waals surface area contributed by atoms with Gasteiger partial charge in [0.2, 0.25) is 0 Å². The maximum Gasteiger partial charge on any atom is 0.415 e. The van der Waals surface area contributed by atoms with Gasteiger partial charge in [0.15, 0.2) is 6.10 Å². The van der Waals surface area contributed by atoms with Gasteiger partial charge in [-0.15, -0.1) is 0 Å². The second kappa shape index (κ2) is 11.5. The van der Waals surface area contributed by atoms with Crippen molar-refractivity contribution in [1.82, 2.24) is 4.90 Å². The maximum atomic E-state index is 13.3. The van der Waals surface area contributed by atoms with Crippen molar-refractivity contribution in [3.05, 3.63) is 59.9 Å². The van der Waals surface area contributed by atoms with E-state index >= 15 is 0 Å². The van der Waals surface area contributed by atoms with Gasteiger partial charge in [0.1, 0.15) is 23.9 Å². The molecule has 1 N–H and O–H groups in total. The largest absolute Gasteiger partial charge is 0.492 e. The minimum atomic E-state index is -0.993. The van der Waals surface area contributed by atoms with Crippen LogP contribution in [0, 0.1) is 11.7 Å². The summed E-state index contributed by atoms with van der Waals surface area (Å²) in [5.41, 5.74) is 0.826. The molecule has 1 aliphatic rings. The summed E-state index contributed by atoms with van der Waals surface area (Å²) in [6, 6.07) is 12.6. The fraction of sp³-hybridized carbons (Fsp3) is 0.417. The smallest absolute Gasteiger partial charge is 0.415 e. The number of amides is 1. The van der Waals surface area contributed by atoms with E-state index in [1.165, 1.54) is 24.3 Å². The molecule has 0 radical (unpaired) electrons. The Kier molecular flexibility index (Phi) is 8.44. The summed E-state index contributed by atoms with van der Waals surface area (Å²) in [5, 5.41) is 9.20. The molecule has 1 fully saturated rings. The molecule has 8 heteroatoms. The number of rotatable bonds is 12. The molecule has 2 aromatic rings. The lowest BCUT2D eigenvalue weighted by molar-refractivity contribution is -0.149. The zero-order valence-electron chi connectivity index (χ0n) is 18.0. The standard InChI is InChI=1S/C24H28FNO6/c1-2-30-22(23(27)28)14-17-8-10-20(11-9-17)31-13-12-26(16-18-6-7-18)24(29)32-21-5-3-4-19(25)15-21/h3-5,8-11,15,18,22H,2,6-7,12-14,16H2,1H3,(H,27,28). The van der Waals surface area contributed by atoms with Crippen molar-refractivity contribution in [3.63, 3.8) is 0 Å². The number of carboxylic acid groups (broad SMARTS) is 1. The average molecular weight is 445 g/mol. The number of ether oxygens (including phenoxy) is 3. The van der Waals surface area contributed by atoms with E-state index < -0.39 is 24.0 Å². The van der Waals surface area contributed by atoms with E-state index in [4.69, 9.17) is 14.2 Å². The molecule has 2 aromatic carbocycles. The number of nitrogens with zero attached hydrogens (tertiary/aromatic N) is 1. The van der Waals surface area contributed by atoms with E-state index in [2.05, 4.69) is 0 Å². The van der Waals surface area contributed by atoms with Crippen LogP contribution in [0.25, 0.3) is 0 Å². The van der Waals surface area contributed by atoms with Gasteiger partial charge in [0.25, 0.3) is 0 Å². The highest BCUT2D eigenvalue weighted by Crippen LogP contribution is 2.30. The molecule has 1 saturated carbocycles. The molecule has 7 nitrogen and oxygen atoms in total. The van der Waals surface area contributed by atoms with E-state index in [1.54, 1.807) is 36.1 Å². The minimum Gasteiger partial charge on any atom is -0.492 e. The number of hydrogen-bond donors (Lipinski definition) is 1. The van der Waals surface area contributed by atoms with Gasteiger partial charge in [0, 0.05) is 25.6 Å². The molecule has 0 aliphatic heterocycles. The Morgan fingerprint density at radius 3 is 2.53 bits per heavy atom. The highest BCUT2D eigenvalue weighted by atomic mass is 19.1. The van der Waals surface area contributed by atoms with Gasteiger partial charge in [-0.25, -0.2) is 14.0 Å². The Balaban J connectivity index is 1.50. The summed E-state index contributed by atoms with van der Waals surface area (Å²) in [7, 11) is 0. The number of carboxylic acids is 1. The van der Waals surface area contributed by atoms with E-state index in [-0.39, 0.29) is 18.8 Å². The zero-order chi connectivity index (χ0) is 22.9. The first kappa shape index (κ1) is 23.5. The monoisotopic (exact) mass is 445 g/mol. The summed E-state index contributed by atoms with van der Waals surface area (Å²) >= 11 is 0. The lowest BCUT2D eigenvalue weighted by Gasteiger charge is -2.22. The highest BCUT2D eigenvalue weighted by molar-refractivity contribution is 5.72. The molecule has 0 aromatic heterocycles. The molecule has 0 heterocycles. The number of hydrogen-bond acceptors (Lipinski definition) is 5. The lowest BCUT2D eigenvalue weighted by Crippen LogP contribution is -2.38. The topological polar surface area (TPSA) is 85.3 Å². The fourth-order valence-electron chi connectivity index (χ4n) is 3.19. The van der Waals surface area contributed by atoms with Gasteiger partial charge in [-0.05, 0) is 55.5 Å². The average Bonchev–Trinajstić information content (AvgIpc) is 3.58. The summed E-state index contributed by atoms with van der Waals surface area (Å²) in [6.07, 6.45) is 1.00. The van der Waals surface area contributed by atoms with Crippen molar-refractivity contribution in [2.75, 3.05) is 26.3 Å². The highest BCUT2D eigenvalue weighted by Gasteiger charge is 2.28. The second-order valence-electron chi connectivity index (χ2n) is 7.69. The van der Waals surface area contributed by atoms with Crippen LogP contribution in [0.4, 0.5) is 9.18 Å². The van der Waals surface area contributed by atoms with Crippen molar-refractivity contribution < 1.29 is 33.3 Å². The SMILES string of the molecule is CCOC(Cc1ccc(OCCN(CC2CC2)C(=O)Oc2cccc(F)c2)cc1)C(=O)O. The maximum absolute atomic E-state index is 13.3. The Bertz CT molecular complexity index is 900. The molecule has 1 amide bonds. The fourth-order valence-corrected chi connectivity index (χ4v) is 3.19. The molecule has 1 atom stereocenters. The van der Waals surface area contributed by atoms with Crippen molar-refractivity contribution >= 4 is 12.1 Å². The van der Waals surface area contributed by atoms with Crippen LogP contribution in [0.1, 0.15) is 25.3 Å². The normalized spacial score (nSPS) is 13.9. The summed E-state index contributed by atoms with van der Waals surface area (Å²) in [4.78, 5) is 25.4. The van der Waals surface area contributed by atoms with Crippen LogP contribution in [-0.2, 0) is 16.0 Å². The van der Waals surface area contributed by atoms with Crippen molar-refractivity contribution in [3.8, 4) is 11.5 Å². The molecule has 172 valence electrons. The molecule has 0 bridgehead atoms. The van der Waals surface area contributed by atoms with E-state index in [0.717, 1.165) is 18.4 Å². The Morgan fingerprint density at radius 1 is 1.16 bits per heavy atom. The number of aliphatic carboxylic acids is 1. The first-order valence-corrected chi connectivity index (χ1v) is 10.7. The summed E-state index contributed by atoms with van der Waals surface area (Å²) in [6.45, 7) is 3.26. The van der Waals surface area contributed by atoms with E-state index in [1.807, 2.05) is 0 Å². The third-order valence-corrected chi connectivity index (χ3v) is 5.05. The van der Waals surface area contributed by atoms with Crippen LogP contribution in [-0.4, -0.2) is 54.5 Å². The van der Waals surface area contributed by atoms with Crippen LogP contribution < -0.4 is 9.47 Å². The predicted molar refractivity (Wildman–Crippen MR) is 115 cm³/mol. The Labute approximate surface area is 186 Å². The Hall–Kier alpha value is -3.13. The van der Waals surface area contributed by atoms with E-state index in [0.29, 0.717) is 31.4 Å². The van der Waals surface area contributed by atoms with E-state index in [9.17, 15) is 19.1 Å². The van der Waals surface area contributed by atoms with Gasteiger partial charge in [-0.1, -0.05) is 18.2 Å². The van der Waals surface area contributed by atoms with Crippen LogP contribution in [0.15, 0.2) is 48.5 Å². The third-order valence-electron chi connectivity index (χ3n) is 5.05. The molecular weight excluding hydrogens is 417 g/mol. The van der Waals surface area contributed by atoms with Gasteiger partial charge >= 0.3 is 12.1 Å². The molecule has 0 saturated heterocycles. The molecular formula is C24H28FNO6. The number of carbonyl (C=O) groups excluding carboxylic acids is 1. The number of benzene rings is 2. The lowest BCUT2D eigenvalue weighted by atomic mass is 10.1. The van der Waals surface area contributed by atoms with Crippen LogP contribution in [0.3, 0.4) is 0 Å². The van der Waals surface area contributed by atoms with Crippen LogP contribution in [0.2, 0.25) is 0 Å². The van der Waals surface area contributed by atoms with Gasteiger partial charge in [0.05, 0.1) is 6.54 Å². The minimum absolute atomic E-state index is 0.166. The number of halogens is 1. The molecule has 0 spiro atoms. The third kappa shape index (κ3) is 7.53. The van der Waals surface area contributed by atoms with Gasteiger partial charge in [-0.2, -0.15) is 0 Å². The first-order chi connectivity index (χ1) is 15.4. The van der Waals surface area contributed by atoms with Gasteiger partial charge < -0.3 is 24.2 Å². The quantitative estimate of drug-likeness (QED) is 0.528. The van der Waals surface area contributed by atoms with Crippen molar-refractivity contribution in [2.24, 2.45) is 5.92 Å². The zero-order valence-corrected chi connectivity index (χ0v) is 18.0. The van der Waals surface area contributed by atoms with Crippen molar-refractivity contribution in [1.29, 1.82) is 0 Å². The Morgan fingerprint density at radius 2 is 1.91 bits per heavy atom. The number of carbonyl (C=O) groups is 2. The second-order valence-corrected chi connectivity index (χ2v) is 7.69. The van der Waals surface area contributed by atoms with Crippen molar-refractivity contribution in [2.45, 2.75) is 32.3 Å². The summed E-state index contributed by atoms with van der Waals surface area (Å²) in [5.74, 6) is -0.220. The van der Waals surface area contributed by atoms with Gasteiger partial charge in [-0.3, -0.25) is 0 Å². The summed E-state index contributed by atoms with van der Waals surface area (Å²) < 4.78 is 29.6. The molecule has 32 heavy (non-hydrogen) atoms. The molecule has 1 aliphatic carbocycles. The molecule has 3 rings (SSSR count). The molecule has 1 unspecified atom stereocenters. The first-order valence-electron chi connectivity index (χ1n) is 10.7. The predicted octanol–water partition coefficient (Wildman–Crippen LogP) is 4.15. The van der Waals surface area contributed by atoms with Crippen LogP contribution in [0.5, 0.6) is 11.5 Å².